The third-order valence-electron chi connectivity index (χ3n) is 5.64. The number of anilines is 1. The summed E-state index contributed by atoms with van der Waals surface area (Å²) in [6, 6.07) is 20.0. The maximum Gasteiger partial charge on any atom is 0.274 e. The van der Waals surface area contributed by atoms with E-state index < -0.39 is 4.92 Å². The first-order valence-electron chi connectivity index (χ1n) is 11.2. The molecule has 0 unspecified atom stereocenters. The van der Waals surface area contributed by atoms with Crippen molar-refractivity contribution in [3.05, 3.63) is 93.0 Å². The number of carbonyl (C=O) groups excluding carboxylic acids is 1. The van der Waals surface area contributed by atoms with Gasteiger partial charge >= 0.3 is 0 Å². The normalized spacial score (nSPS) is 11.0. The van der Waals surface area contributed by atoms with Gasteiger partial charge in [0.2, 0.25) is 5.91 Å². The highest BCUT2D eigenvalue weighted by atomic mass is 35.5. The van der Waals surface area contributed by atoms with Crippen molar-refractivity contribution in [2.24, 2.45) is 0 Å². The van der Waals surface area contributed by atoms with Crippen molar-refractivity contribution in [3.8, 4) is 17.1 Å². The van der Waals surface area contributed by atoms with Gasteiger partial charge in [-0.3, -0.25) is 19.5 Å². The van der Waals surface area contributed by atoms with Crippen LogP contribution in [-0.4, -0.2) is 31.3 Å². The highest BCUT2D eigenvalue weighted by Crippen LogP contribution is 2.33. The summed E-state index contributed by atoms with van der Waals surface area (Å²) in [4.78, 5) is 23.5. The molecule has 0 radical (unpaired) electrons. The van der Waals surface area contributed by atoms with E-state index in [1.54, 1.807) is 31.2 Å². The number of thioether (sulfide) groups is 1. The van der Waals surface area contributed by atoms with Gasteiger partial charge in [0.05, 0.1) is 27.6 Å². The number of halogens is 1. The number of benzene rings is 3. The maximum absolute atomic E-state index is 12.8. The summed E-state index contributed by atoms with van der Waals surface area (Å²) in [6.45, 7) is 5.85. The second-order valence-electron chi connectivity index (χ2n) is 8.41. The summed E-state index contributed by atoms with van der Waals surface area (Å²) in [5, 5.41) is 24.0. The first-order valence-corrected chi connectivity index (χ1v) is 12.6. The van der Waals surface area contributed by atoms with E-state index in [2.05, 4.69) is 35.4 Å². The van der Waals surface area contributed by atoms with Crippen LogP contribution in [0, 0.1) is 17.0 Å². The molecule has 4 aromatic rings. The van der Waals surface area contributed by atoms with Gasteiger partial charge in [0.15, 0.2) is 11.0 Å². The molecule has 0 saturated heterocycles. The van der Waals surface area contributed by atoms with Crippen LogP contribution in [0.25, 0.3) is 17.1 Å². The Bertz CT molecular complexity index is 1420. The number of amides is 1. The summed E-state index contributed by atoms with van der Waals surface area (Å²) in [6.07, 6.45) is 0. The minimum absolute atomic E-state index is 0.0434. The predicted octanol–water partition coefficient (Wildman–Crippen LogP) is 6.66. The minimum Gasteiger partial charge on any atom is -0.325 e. The molecule has 0 aliphatic heterocycles. The van der Waals surface area contributed by atoms with Crippen LogP contribution in [0.1, 0.15) is 30.9 Å². The Kier molecular flexibility index (Phi) is 7.71. The van der Waals surface area contributed by atoms with Crippen LogP contribution in [0.4, 0.5) is 11.4 Å². The number of para-hydroxylation sites is 1. The Balaban J connectivity index is 1.65. The number of nitro benzene ring substituents is 1. The SMILES string of the molecule is Cc1c(NC(=O)CSc2nnc(-c3ccc(Cl)cc3)n2-c2ccccc2C(C)C)cccc1[N+](=O)[O-]. The number of nitrogens with one attached hydrogen (secondary N) is 1. The molecular formula is C26H24ClN5O3S. The average Bonchev–Trinajstić information content (AvgIpc) is 3.28. The Labute approximate surface area is 217 Å². The molecule has 0 fully saturated rings. The zero-order valence-corrected chi connectivity index (χ0v) is 21.5. The van der Waals surface area contributed by atoms with Crippen LogP contribution >= 0.6 is 23.4 Å². The standard InChI is InChI=1S/C26H24ClN5O3S/c1-16(2)20-7-4-5-9-23(20)31-25(18-11-13-19(27)14-12-18)29-30-26(31)36-15-24(33)28-21-8-6-10-22(17(21)3)32(34)35/h4-14,16H,15H2,1-3H3,(H,28,33). The second-order valence-corrected chi connectivity index (χ2v) is 9.78. The highest BCUT2D eigenvalue weighted by molar-refractivity contribution is 7.99. The van der Waals surface area contributed by atoms with Crippen molar-refractivity contribution in [3.63, 3.8) is 0 Å². The van der Waals surface area contributed by atoms with Gasteiger partial charge in [-0.2, -0.15) is 0 Å². The fourth-order valence-corrected chi connectivity index (χ4v) is 4.69. The third-order valence-corrected chi connectivity index (χ3v) is 6.82. The van der Waals surface area contributed by atoms with Gasteiger partial charge in [-0.1, -0.05) is 61.5 Å². The quantitative estimate of drug-likeness (QED) is 0.158. The Morgan fingerprint density at radius 2 is 1.81 bits per heavy atom. The largest absolute Gasteiger partial charge is 0.325 e. The first kappa shape index (κ1) is 25.4. The summed E-state index contributed by atoms with van der Waals surface area (Å²) in [7, 11) is 0. The molecule has 0 aliphatic carbocycles. The summed E-state index contributed by atoms with van der Waals surface area (Å²) in [5.41, 5.74) is 3.65. The topological polar surface area (TPSA) is 103 Å². The number of carbonyl (C=O) groups is 1. The van der Waals surface area contributed by atoms with E-state index in [1.165, 1.54) is 17.8 Å². The average molecular weight is 522 g/mol. The van der Waals surface area contributed by atoms with Crippen molar-refractivity contribution in [1.82, 2.24) is 14.8 Å². The second kappa shape index (κ2) is 10.9. The van der Waals surface area contributed by atoms with E-state index >= 15 is 0 Å². The lowest BCUT2D eigenvalue weighted by Gasteiger charge is -2.17. The molecule has 1 heterocycles. The Morgan fingerprint density at radius 1 is 1.08 bits per heavy atom. The lowest BCUT2D eigenvalue weighted by atomic mass is 10.0. The Hall–Kier alpha value is -3.69. The van der Waals surface area contributed by atoms with Gasteiger partial charge in [-0.05, 0) is 54.8 Å². The summed E-state index contributed by atoms with van der Waals surface area (Å²) in [5.74, 6) is 0.630. The van der Waals surface area contributed by atoms with Crippen LogP contribution < -0.4 is 5.32 Å². The van der Waals surface area contributed by atoms with Gasteiger partial charge in [-0.15, -0.1) is 10.2 Å². The molecule has 8 nitrogen and oxygen atoms in total. The summed E-state index contributed by atoms with van der Waals surface area (Å²) < 4.78 is 1.95. The van der Waals surface area contributed by atoms with Gasteiger partial charge in [0, 0.05) is 16.7 Å². The number of rotatable bonds is 8. The molecule has 1 amide bonds. The molecule has 1 aromatic heterocycles. The van der Waals surface area contributed by atoms with Crippen LogP contribution in [-0.2, 0) is 4.79 Å². The third kappa shape index (κ3) is 5.42. The molecule has 0 bridgehead atoms. The van der Waals surface area contributed by atoms with E-state index in [0.29, 0.717) is 27.3 Å². The maximum atomic E-state index is 12.8. The van der Waals surface area contributed by atoms with E-state index in [1.807, 2.05) is 34.9 Å². The van der Waals surface area contributed by atoms with Crippen LogP contribution in [0.2, 0.25) is 5.02 Å². The number of nitrogens with zero attached hydrogens (tertiary/aromatic N) is 4. The molecule has 1 N–H and O–H groups in total. The smallest absolute Gasteiger partial charge is 0.274 e. The molecule has 0 atom stereocenters. The molecule has 0 saturated carbocycles. The van der Waals surface area contributed by atoms with Gasteiger partial charge in [0.25, 0.3) is 5.69 Å². The van der Waals surface area contributed by atoms with E-state index in [4.69, 9.17) is 11.6 Å². The van der Waals surface area contributed by atoms with Crippen molar-refractivity contribution in [1.29, 1.82) is 0 Å². The molecule has 10 heteroatoms. The van der Waals surface area contributed by atoms with Crippen molar-refractivity contribution in [2.45, 2.75) is 31.8 Å². The zero-order valence-electron chi connectivity index (χ0n) is 19.9. The monoisotopic (exact) mass is 521 g/mol. The van der Waals surface area contributed by atoms with Crippen molar-refractivity contribution >= 4 is 40.6 Å². The number of hydrogen-bond acceptors (Lipinski definition) is 6. The highest BCUT2D eigenvalue weighted by Gasteiger charge is 2.21. The predicted molar refractivity (Wildman–Crippen MR) is 143 cm³/mol. The Morgan fingerprint density at radius 3 is 2.50 bits per heavy atom. The molecule has 184 valence electrons. The fourth-order valence-electron chi connectivity index (χ4n) is 3.82. The van der Waals surface area contributed by atoms with Gasteiger partial charge in [0.1, 0.15) is 0 Å². The van der Waals surface area contributed by atoms with Crippen LogP contribution in [0.15, 0.2) is 71.9 Å². The first-order chi connectivity index (χ1) is 17.3. The van der Waals surface area contributed by atoms with Crippen molar-refractivity contribution < 1.29 is 9.72 Å². The molecule has 36 heavy (non-hydrogen) atoms. The molecule has 4 rings (SSSR count). The number of nitro groups is 1. The zero-order chi connectivity index (χ0) is 25.8. The van der Waals surface area contributed by atoms with E-state index in [0.717, 1.165) is 16.8 Å². The number of hydrogen-bond donors (Lipinski definition) is 1. The van der Waals surface area contributed by atoms with E-state index in [-0.39, 0.29) is 23.3 Å². The van der Waals surface area contributed by atoms with Gasteiger partial charge in [-0.25, -0.2) is 0 Å². The van der Waals surface area contributed by atoms with Crippen LogP contribution in [0.3, 0.4) is 0 Å². The fraction of sp³-hybridized carbons (Fsp3) is 0.192. The number of aromatic nitrogens is 3. The molecular weight excluding hydrogens is 498 g/mol. The lowest BCUT2D eigenvalue weighted by molar-refractivity contribution is -0.385. The molecule has 3 aromatic carbocycles. The molecule has 0 aliphatic rings. The van der Waals surface area contributed by atoms with Gasteiger partial charge < -0.3 is 5.32 Å². The lowest BCUT2D eigenvalue weighted by Crippen LogP contribution is -2.16. The van der Waals surface area contributed by atoms with Crippen molar-refractivity contribution in [2.75, 3.05) is 11.1 Å². The minimum atomic E-state index is -0.466. The van der Waals surface area contributed by atoms with E-state index in [9.17, 15) is 14.9 Å². The molecule has 0 spiro atoms. The van der Waals surface area contributed by atoms with Crippen LogP contribution in [0.5, 0.6) is 0 Å². The summed E-state index contributed by atoms with van der Waals surface area (Å²) >= 11 is 7.33.